The summed E-state index contributed by atoms with van der Waals surface area (Å²) in [7, 11) is 1.71. The monoisotopic (exact) mass is 429 g/mol. The van der Waals surface area contributed by atoms with Gasteiger partial charge in [0, 0.05) is 30.9 Å². The minimum atomic E-state index is 0.162. The van der Waals surface area contributed by atoms with Gasteiger partial charge in [0.1, 0.15) is 5.75 Å². The van der Waals surface area contributed by atoms with E-state index in [0.29, 0.717) is 5.92 Å². The van der Waals surface area contributed by atoms with Gasteiger partial charge in [-0.3, -0.25) is 14.7 Å². The summed E-state index contributed by atoms with van der Waals surface area (Å²) < 4.78 is 5.37. The smallest absolute Gasteiger partial charge is 0.255 e. The molecule has 166 valence electrons. The van der Waals surface area contributed by atoms with Crippen molar-refractivity contribution in [2.45, 2.75) is 38.1 Å². The molecule has 3 aromatic rings. The van der Waals surface area contributed by atoms with Crippen LogP contribution in [0.2, 0.25) is 0 Å². The Morgan fingerprint density at radius 1 is 1.00 bits per heavy atom. The maximum Gasteiger partial charge on any atom is 0.255 e. The van der Waals surface area contributed by atoms with Crippen LogP contribution in [0, 0.1) is 0 Å². The number of hydrogen-bond donors (Lipinski definition) is 0. The van der Waals surface area contributed by atoms with Crippen molar-refractivity contribution in [3.05, 3.63) is 71.4 Å². The molecular formula is C27H31N3O2. The van der Waals surface area contributed by atoms with Gasteiger partial charge in [-0.05, 0) is 68.6 Å². The van der Waals surface area contributed by atoms with Crippen LogP contribution in [-0.4, -0.2) is 54.0 Å². The van der Waals surface area contributed by atoms with Crippen LogP contribution in [0.25, 0.3) is 10.9 Å². The lowest BCUT2D eigenvalue weighted by Gasteiger charge is -2.33. The van der Waals surface area contributed by atoms with E-state index in [-0.39, 0.29) is 5.91 Å². The van der Waals surface area contributed by atoms with Crippen molar-refractivity contribution in [1.29, 1.82) is 0 Å². The second kappa shape index (κ2) is 9.29. The van der Waals surface area contributed by atoms with E-state index in [2.05, 4.69) is 41.3 Å². The highest BCUT2D eigenvalue weighted by Gasteiger charge is 2.29. The van der Waals surface area contributed by atoms with Gasteiger partial charge in [0.25, 0.3) is 5.91 Å². The molecule has 0 saturated carbocycles. The van der Waals surface area contributed by atoms with Gasteiger partial charge in [0.15, 0.2) is 0 Å². The Hall–Kier alpha value is -2.92. The number of carbonyl (C=O) groups excluding carboxylic acids is 1. The van der Waals surface area contributed by atoms with E-state index in [0.717, 1.165) is 86.3 Å². The van der Waals surface area contributed by atoms with E-state index in [4.69, 9.17) is 9.72 Å². The number of hydrogen-bond acceptors (Lipinski definition) is 4. The molecule has 32 heavy (non-hydrogen) atoms. The lowest BCUT2D eigenvalue weighted by Crippen LogP contribution is -2.34. The Morgan fingerprint density at radius 3 is 2.56 bits per heavy atom. The summed E-state index contributed by atoms with van der Waals surface area (Å²) in [5.74, 6) is 1.39. The van der Waals surface area contributed by atoms with Crippen LogP contribution in [0.1, 0.15) is 53.2 Å². The zero-order chi connectivity index (χ0) is 21.9. The fraction of sp³-hybridized carbons (Fsp3) is 0.407. The third-order valence-electron chi connectivity index (χ3n) is 6.89. The average molecular weight is 430 g/mol. The number of pyridine rings is 1. The molecule has 2 aliphatic heterocycles. The molecule has 2 saturated heterocycles. The minimum Gasteiger partial charge on any atom is -0.497 e. The summed E-state index contributed by atoms with van der Waals surface area (Å²) in [6.45, 7) is 4.67. The molecule has 2 fully saturated rings. The molecule has 3 heterocycles. The molecule has 0 bridgehead atoms. The maximum atomic E-state index is 13.4. The van der Waals surface area contributed by atoms with E-state index >= 15 is 0 Å². The maximum absolute atomic E-state index is 13.4. The summed E-state index contributed by atoms with van der Waals surface area (Å²) in [4.78, 5) is 22.9. The third kappa shape index (κ3) is 4.35. The molecule has 0 N–H and O–H groups in total. The van der Waals surface area contributed by atoms with Gasteiger partial charge >= 0.3 is 0 Å². The van der Waals surface area contributed by atoms with Crippen LogP contribution in [-0.2, 0) is 6.54 Å². The van der Waals surface area contributed by atoms with Crippen LogP contribution < -0.4 is 4.74 Å². The number of carbonyl (C=O) groups is 1. The number of aromatic nitrogens is 1. The van der Waals surface area contributed by atoms with Gasteiger partial charge in [-0.15, -0.1) is 0 Å². The number of methoxy groups -OCH3 is 1. The molecule has 2 aliphatic rings. The molecule has 0 atom stereocenters. The average Bonchev–Trinajstić information content (AvgIpc) is 3.38. The van der Waals surface area contributed by atoms with Crippen LogP contribution >= 0.6 is 0 Å². The van der Waals surface area contributed by atoms with E-state index in [1.807, 2.05) is 23.1 Å². The Kier molecular flexibility index (Phi) is 6.08. The number of likely N-dealkylation sites (tertiary alicyclic amines) is 2. The van der Waals surface area contributed by atoms with Gasteiger partial charge in [-0.1, -0.05) is 30.3 Å². The lowest BCUT2D eigenvalue weighted by atomic mass is 9.89. The summed E-state index contributed by atoms with van der Waals surface area (Å²) in [5, 5.41) is 1.05. The standard InChI is InChI=1S/C27H31N3O2/c1-32-23-9-6-7-20(17-23)19-29-15-11-21(12-16-29)26-24(27(31)30-13-4-5-14-30)18-22-8-2-3-10-25(22)28-26/h2-3,6-10,17-18,21H,4-5,11-16,19H2,1H3. The normalized spacial score (nSPS) is 17.7. The van der Waals surface area contributed by atoms with Crippen molar-refractivity contribution >= 4 is 16.8 Å². The molecule has 0 spiro atoms. The van der Waals surface area contributed by atoms with E-state index in [1.165, 1.54) is 5.56 Å². The number of piperidine rings is 1. The Morgan fingerprint density at radius 2 is 1.78 bits per heavy atom. The fourth-order valence-corrected chi connectivity index (χ4v) is 5.10. The first-order valence-electron chi connectivity index (χ1n) is 11.8. The van der Waals surface area contributed by atoms with Crippen molar-refractivity contribution in [2.75, 3.05) is 33.3 Å². The molecular weight excluding hydrogens is 398 g/mol. The SMILES string of the molecule is COc1cccc(CN2CCC(c3nc4ccccc4cc3C(=O)N3CCCC3)CC2)c1. The number of benzene rings is 2. The Bertz CT molecular complexity index is 1100. The fourth-order valence-electron chi connectivity index (χ4n) is 5.10. The molecule has 5 rings (SSSR count). The summed E-state index contributed by atoms with van der Waals surface area (Å²) >= 11 is 0. The van der Waals surface area contributed by atoms with Gasteiger partial charge in [0.05, 0.1) is 23.9 Å². The van der Waals surface area contributed by atoms with Gasteiger partial charge < -0.3 is 9.64 Å². The molecule has 0 radical (unpaired) electrons. The molecule has 0 aliphatic carbocycles. The lowest BCUT2D eigenvalue weighted by molar-refractivity contribution is 0.0790. The zero-order valence-corrected chi connectivity index (χ0v) is 18.8. The Balaban J connectivity index is 1.36. The summed E-state index contributed by atoms with van der Waals surface area (Å²) in [6, 6.07) is 18.6. The first-order chi connectivity index (χ1) is 15.7. The minimum absolute atomic E-state index is 0.162. The Labute approximate surface area is 190 Å². The predicted octanol–water partition coefficient (Wildman–Crippen LogP) is 4.86. The number of para-hydroxylation sites is 1. The number of nitrogens with zero attached hydrogens (tertiary/aromatic N) is 3. The predicted molar refractivity (Wildman–Crippen MR) is 127 cm³/mol. The number of amides is 1. The first-order valence-corrected chi connectivity index (χ1v) is 11.8. The van der Waals surface area contributed by atoms with E-state index in [9.17, 15) is 4.79 Å². The molecule has 2 aromatic carbocycles. The van der Waals surface area contributed by atoms with E-state index < -0.39 is 0 Å². The van der Waals surface area contributed by atoms with Crippen molar-refractivity contribution in [3.63, 3.8) is 0 Å². The first kappa shape index (κ1) is 21.0. The zero-order valence-electron chi connectivity index (χ0n) is 18.8. The molecule has 0 unspecified atom stereocenters. The quantitative estimate of drug-likeness (QED) is 0.581. The van der Waals surface area contributed by atoms with Crippen molar-refractivity contribution < 1.29 is 9.53 Å². The second-order valence-electron chi connectivity index (χ2n) is 9.02. The summed E-state index contributed by atoms with van der Waals surface area (Å²) in [6.07, 6.45) is 4.25. The highest BCUT2D eigenvalue weighted by molar-refractivity contribution is 5.99. The van der Waals surface area contributed by atoms with Crippen molar-refractivity contribution in [3.8, 4) is 5.75 Å². The third-order valence-corrected chi connectivity index (χ3v) is 6.89. The molecule has 1 aromatic heterocycles. The van der Waals surface area contributed by atoms with Crippen molar-refractivity contribution in [1.82, 2.24) is 14.8 Å². The van der Waals surface area contributed by atoms with Gasteiger partial charge in [0.2, 0.25) is 0 Å². The van der Waals surface area contributed by atoms with Gasteiger partial charge in [-0.25, -0.2) is 0 Å². The van der Waals surface area contributed by atoms with E-state index in [1.54, 1.807) is 7.11 Å². The molecule has 5 heteroatoms. The number of fused-ring (bicyclic) bond motifs is 1. The number of ether oxygens (including phenoxy) is 1. The number of rotatable bonds is 5. The van der Waals surface area contributed by atoms with Crippen molar-refractivity contribution in [2.24, 2.45) is 0 Å². The van der Waals surface area contributed by atoms with Crippen LogP contribution in [0.3, 0.4) is 0 Å². The van der Waals surface area contributed by atoms with Crippen LogP contribution in [0.4, 0.5) is 0 Å². The largest absolute Gasteiger partial charge is 0.497 e. The highest BCUT2D eigenvalue weighted by Crippen LogP contribution is 2.33. The van der Waals surface area contributed by atoms with Gasteiger partial charge in [-0.2, -0.15) is 0 Å². The second-order valence-corrected chi connectivity index (χ2v) is 9.02. The van der Waals surface area contributed by atoms with Crippen LogP contribution in [0.15, 0.2) is 54.6 Å². The summed E-state index contributed by atoms with van der Waals surface area (Å²) in [5.41, 5.74) is 4.08. The molecule has 1 amide bonds. The molecule has 5 nitrogen and oxygen atoms in total. The van der Waals surface area contributed by atoms with Crippen LogP contribution in [0.5, 0.6) is 5.75 Å². The topological polar surface area (TPSA) is 45.7 Å². The highest BCUT2D eigenvalue weighted by atomic mass is 16.5.